The predicted molar refractivity (Wildman–Crippen MR) is 118 cm³/mol. The summed E-state index contributed by atoms with van der Waals surface area (Å²) in [4.78, 5) is 13.2. The van der Waals surface area contributed by atoms with E-state index < -0.39 is 5.97 Å². The highest BCUT2D eigenvalue weighted by Crippen LogP contribution is 2.33. The van der Waals surface area contributed by atoms with Crippen LogP contribution in [-0.2, 0) is 4.79 Å². The molecule has 7 nitrogen and oxygen atoms in total. The fourth-order valence-electron chi connectivity index (χ4n) is 4.05. The van der Waals surface area contributed by atoms with E-state index in [-0.39, 0.29) is 24.3 Å². The van der Waals surface area contributed by atoms with Gasteiger partial charge in [-0.15, -0.1) is 10.2 Å². The second-order valence-corrected chi connectivity index (χ2v) is 8.62. The Bertz CT molecular complexity index is 900. The molecule has 2 aromatic rings. The summed E-state index contributed by atoms with van der Waals surface area (Å²) in [6.45, 7) is 9.82. The van der Waals surface area contributed by atoms with Gasteiger partial charge in [-0.25, -0.2) is 0 Å². The van der Waals surface area contributed by atoms with Crippen LogP contribution >= 0.6 is 0 Å². The second kappa shape index (κ2) is 9.43. The van der Waals surface area contributed by atoms with Gasteiger partial charge in [-0.3, -0.25) is 9.69 Å². The van der Waals surface area contributed by atoms with E-state index in [4.69, 9.17) is 5.11 Å². The third kappa shape index (κ3) is 5.27. The number of likely N-dealkylation sites (tertiary alicyclic amines) is 1. The Morgan fingerprint density at radius 1 is 1.27 bits per heavy atom. The molecule has 2 heterocycles. The molecule has 1 aromatic heterocycles. The van der Waals surface area contributed by atoms with Gasteiger partial charge >= 0.3 is 5.97 Å². The molecule has 1 saturated heterocycles. The van der Waals surface area contributed by atoms with E-state index in [2.05, 4.69) is 34.3 Å². The molecule has 30 heavy (non-hydrogen) atoms. The lowest BCUT2D eigenvalue weighted by Gasteiger charge is -2.36. The minimum Gasteiger partial charge on any atom is -0.507 e. The largest absolute Gasteiger partial charge is 0.507 e. The van der Waals surface area contributed by atoms with Crippen molar-refractivity contribution in [2.45, 2.75) is 65.0 Å². The van der Waals surface area contributed by atoms with Gasteiger partial charge in [0.2, 0.25) is 0 Å². The quantitative estimate of drug-likeness (QED) is 0.632. The maximum atomic E-state index is 11.0. The zero-order chi connectivity index (χ0) is 21.8. The molecule has 0 spiro atoms. The Labute approximate surface area is 178 Å². The van der Waals surface area contributed by atoms with Crippen molar-refractivity contribution >= 4 is 11.8 Å². The van der Waals surface area contributed by atoms with Crippen molar-refractivity contribution in [3.63, 3.8) is 0 Å². The van der Waals surface area contributed by atoms with Crippen LogP contribution < -0.4 is 5.32 Å². The Kier molecular flexibility index (Phi) is 6.92. The molecule has 0 amide bonds. The molecule has 1 aromatic carbocycles. The van der Waals surface area contributed by atoms with Gasteiger partial charge in [0.1, 0.15) is 11.6 Å². The topological polar surface area (TPSA) is 98.6 Å². The van der Waals surface area contributed by atoms with Crippen molar-refractivity contribution in [2.24, 2.45) is 0 Å². The summed E-state index contributed by atoms with van der Waals surface area (Å²) in [7, 11) is 0. The molecule has 2 atom stereocenters. The number of phenolic OH excluding ortho intramolecular Hbond substituents is 1. The molecule has 0 bridgehead atoms. The van der Waals surface area contributed by atoms with Gasteiger partial charge in [-0.2, -0.15) is 0 Å². The van der Waals surface area contributed by atoms with Crippen LogP contribution in [0.2, 0.25) is 0 Å². The smallest absolute Gasteiger partial charge is 0.304 e. The van der Waals surface area contributed by atoms with Crippen LogP contribution in [0.4, 0.5) is 5.82 Å². The highest BCUT2D eigenvalue weighted by atomic mass is 16.4. The molecule has 1 aliphatic heterocycles. The van der Waals surface area contributed by atoms with Gasteiger partial charge in [-0.05, 0) is 68.5 Å². The van der Waals surface area contributed by atoms with Crippen LogP contribution in [0.25, 0.3) is 11.3 Å². The first kappa shape index (κ1) is 22.0. The molecule has 1 fully saturated rings. The van der Waals surface area contributed by atoms with Crippen molar-refractivity contribution in [2.75, 3.05) is 18.4 Å². The van der Waals surface area contributed by atoms with E-state index in [0.29, 0.717) is 23.0 Å². The van der Waals surface area contributed by atoms with E-state index in [1.54, 1.807) is 6.07 Å². The number of nitrogens with one attached hydrogen (secondary N) is 1. The Morgan fingerprint density at radius 2 is 2.03 bits per heavy atom. The summed E-state index contributed by atoms with van der Waals surface area (Å²) in [6, 6.07) is 7.88. The number of carboxylic acid groups (broad SMARTS) is 1. The number of piperidine rings is 1. The van der Waals surface area contributed by atoms with Crippen molar-refractivity contribution < 1.29 is 15.0 Å². The van der Waals surface area contributed by atoms with Crippen LogP contribution in [0.5, 0.6) is 5.75 Å². The summed E-state index contributed by atoms with van der Waals surface area (Å²) in [5, 5.41) is 31.7. The van der Waals surface area contributed by atoms with Crippen molar-refractivity contribution in [3.8, 4) is 17.0 Å². The van der Waals surface area contributed by atoms with Crippen molar-refractivity contribution in [3.05, 3.63) is 35.4 Å². The van der Waals surface area contributed by atoms with Gasteiger partial charge in [0.15, 0.2) is 0 Å². The third-order valence-electron chi connectivity index (χ3n) is 5.83. The summed E-state index contributed by atoms with van der Waals surface area (Å²) >= 11 is 0. The van der Waals surface area contributed by atoms with E-state index in [1.807, 2.05) is 32.0 Å². The first-order chi connectivity index (χ1) is 14.2. The normalized spacial score (nSPS) is 18.4. The third-order valence-corrected chi connectivity index (χ3v) is 5.83. The van der Waals surface area contributed by atoms with E-state index in [0.717, 1.165) is 37.1 Å². The maximum absolute atomic E-state index is 11.0. The zero-order valence-electron chi connectivity index (χ0n) is 18.2. The lowest BCUT2D eigenvalue weighted by Crippen LogP contribution is -2.46. The maximum Gasteiger partial charge on any atom is 0.304 e. The van der Waals surface area contributed by atoms with Gasteiger partial charge in [0.25, 0.3) is 0 Å². The number of anilines is 1. The molecule has 3 N–H and O–H groups in total. The molecule has 162 valence electrons. The van der Waals surface area contributed by atoms with Crippen LogP contribution in [0.15, 0.2) is 24.3 Å². The number of hydrogen-bond donors (Lipinski definition) is 3. The lowest BCUT2D eigenvalue weighted by molar-refractivity contribution is -0.138. The molecule has 0 saturated carbocycles. The fourth-order valence-corrected chi connectivity index (χ4v) is 4.05. The zero-order valence-corrected chi connectivity index (χ0v) is 18.2. The summed E-state index contributed by atoms with van der Waals surface area (Å²) < 4.78 is 0. The summed E-state index contributed by atoms with van der Waals surface area (Å²) in [5.74, 6) is 0.498. The average molecular weight is 413 g/mol. The van der Waals surface area contributed by atoms with Crippen molar-refractivity contribution in [1.29, 1.82) is 0 Å². The standard InChI is InChI=1S/C23H32N4O3/c1-14(2)17-7-8-19(20(28)12-17)23-15(3)10-21(25-26-23)24-18-6-5-9-27(13-18)16(4)11-22(29)30/h7-8,10,12,14,16,18,28H,5-6,9,11,13H2,1-4H3,(H,24,25)(H,29,30)/t16?,18-/m1/s1. The highest BCUT2D eigenvalue weighted by Gasteiger charge is 2.25. The second-order valence-electron chi connectivity index (χ2n) is 8.62. The van der Waals surface area contributed by atoms with Crippen LogP contribution in [0.1, 0.15) is 57.1 Å². The van der Waals surface area contributed by atoms with Crippen LogP contribution in [0.3, 0.4) is 0 Å². The number of carboxylic acids is 1. The minimum atomic E-state index is -0.764. The van der Waals surface area contributed by atoms with Gasteiger partial charge in [0.05, 0.1) is 12.1 Å². The number of hydrogen-bond acceptors (Lipinski definition) is 6. The van der Waals surface area contributed by atoms with Gasteiger partial charge < -0.3 is 15.5 Å². The number of aliphatic carboxylic acids is 1. The van der Waals surface area contributed by atoms with Gasteiger partial charge in [-0.1, -0.05) is 19.9 Å². The lowest BCUT2D eigenvalue weighted by atomic mass is 9.98. The molecule has 1 aliphatic rings. The molecule has 1 unspecified atom stereocenters. The monoisotopic (exact) mass is 412 g/mol. The Balaban J connectivity index is 1.70. The predicted octanol–water partition coefficient (Wildman–Crippen LogP) is 4.02. The molecule has 0 aliphatic carbocycles. The summed E-state index contributed by atoms with van der Waals surface area (Å²) in [5.41, 5.74) is 3.38. The first-order valence-electron chi connectivity index (χ1n) is 10.6. The summed E-state index contributed by atoms with van der Waals surface area (Å²) in [6.07, 6.45) is 2.18. The number of phenols is 1. The molecular weight excluding hydrogens is 380 g/mol. The number of benzene rings is 1. The van der Waals surface area contributed by atoms with E-state index in [1.165, 1.54) is 0 Å². The number of aromatic nitrogens is 2. The number of aryl methyl sites for hydroxylation is 1. The minimum absolute atomic E-state index is 0.0130. The molecular formula is C23H32N4O3. The van der Waals surface area contributed by atoms with E-state index in [9.17, 15) is 9.90 Å². The van der Waals surface area contributed by atoms with Gasteiger partial charge in [0, 0.05) is 24.2 Å². The fraction of sp³-hybridized carbons (Fsp3) is 0.522. The average Bonchev–Trinajstić information content (AvgIpc) is 2.68. The number of aromatic hydroxyl groups is 1. The SMILES string of the molecule is Cc1cc(N[C@@H]2CCCN(C(C)CC(=O)O)C2)nnc1-c1ccc(C(C)C)cc1O. The molecule has 3 rings (SSSR count). The molecule has 7 heteroatoms. The number of carbonyl (C=O) groups is 1. The highest BCUT2D eigenvalue weighted by molar-refractivity contribution is 5.70. The Morgan fingerprint density at radius 3 is 2.67 bits per heavy atom. The van der Waals surface area contributed by atoms with Crippen molar-refractivity contribution in [1.82, 2.24) is 15.1 Å². The van der Waals surface area contributed by atoms with Crippen LogP contribution in [0, 0.1) is 6.92 Å². The van der Waals surface area contributed by atoms with Crippen LogP contribution in [-0.4, -0.2) is 56.5 Å². The number of nitrogens with zero attached hydrogens (tertiary/aromatic N) is 3. The first-order valence-corrected chi connectivity index (χ1v) is 10.6. The van der Waals surface area contributed by atoms with E-state index >= 15 is 0 Å². The molecule has 0 radical (unpaired) electrons. The Hall–Kier alpha value is -2.67. The number of rotatable bonds is 7.